The van der Waals surface area contributed by atoms with Gasteiger partial charge in [-0.3, -0.25) is 14.6 Å². The molecule has 0 fully saturated rings. The molecule has 122 valence electrons. The van der Waals surface area contributed by atoms with Gasteiger partial charge in [0.1, 0.15) is 11.6 Å². The highest BCUT2D eigenvalue weighted by Gasteiger charge is 2.08. The molecule has 1 rings (SSSR count). The Morgan fingerprint density at radius 1 is 1.35 bits per heavy atom. The lowest BCUT2D eigenvalue weighted by molar-refractivity contribution is -0.137. The first-order valence-corrected chi connectivity index (χ1v) is 7.36. The van der Waals surface area contributed by atoms with Crippen LogP contribution in [0.3, 0.4) is 0 Å². The van der Waals surface area contributed by atoms with Gasteiger partial charge in [0.2, 0.25) is 0 Å². The van der Waals surface area contributed by atoms with Gasteiger partial charge in [-0.05, 0) is 24.5 Å². The van der Waals surface area contributed by atoms with Crippen molar-refractivity contribution >= 4 is 11.9 Å². The summed E-state index contributed by atoms with van der Waals surface area (Å²) in [4.78, 5) is 26.2. The van der Waals surface area contributed by atoms with Crippen LogP contribution in [-0.2, 0) is 16.1 Å². The van der Waals surface area contributed by atoms with E-state index in [1.54, 1.807) is 18.5 Å². The number of rotatable bonds is 10. The fourth-order valence-electron chi connectivity index (χ4n) is 1.78. The number of hydrogen-bond acceptors (Lipinski definition) is 5. The maximum atomic E-state index is 11.9. The molecule has 1 aromatic heterocycles. The summed E-state index contributed by atoms with van der Waals surface area (Å²) in [5.74, 6) is -1.25. The largest absolute Gasteiger partial charge is 0.481 e. The number of carboxylic acids is 1. The maximum absolute atomic E-state index is 11.9. The van der Waals surface area contributed by atoms with Crippen molar-refractivity contribution in [1.82, 2.24) is 15.6 Å². The normalized spacial score (nSPS) is 10.7. The van der Waals surface area contributed by atoms with Crippen LogP contribution in [0.2, 0.25) is 0 Å². The van der Waals surface area contributed by atoms with E-state index in [1.807, 2.05) is 12.1 Å². The first-order chi connectivity index (χ1) is 11.1. The van der Waals surface area contributed by atoms with Gasteiger partial charge in [-0.25, -0.2) is 0 Å². The van der Waals surface area contributed by atoms with E-state index in [1.165, 1.54) is 6.20 Å². The standard InChI is InChI=1S/C16H20N4O3/c17-9-14(12-19-7-3-1-2-6-15(21)22)16(23)20-11-13-5-4-8-18-10-13/h4-5,8,10,12,19H,1-3,6-7,11H2,(H,20,23)(H,21,22)/b14-12-. The molecule has 0 unspecified atom stereocenters. The van der Waals surface area contributed by atoms with Gasteiger partial charge in [0.05, 0.1) is 0 Å². The summed E-state index contributed by atoms with van der Waals surface area (Å²) in [7, 11) is 0. The predicted molar refractivity (Wildman–Crippen MR) is 83.9 cm³/mol. The van der Waals surface area contributed by atoms with Crippen molar-refractivity contribution < 1.29 is 14.7 Å². The Morgan fingerprint density at radius 3 is 2.83 bits per heavy atom. The molecule has 0 bridgehead atoms. The molecule has 1 aromatic rings. The first-order valence-electron chi connectivity index (χ1n) is 7.36. The van der Waals surface area contributed by atoms with Gasteiger partial charge in [0.25, 0.3) is 5.91 Å². The van der Waals surface area contributed by atoms with E-state index in [2.05, 4.69) is 15.6 Å². The highest BCUT2D eigenvalue weighted by atomic mass is 16.4. The molecule has 7 nitrogen and oxygen atoms in total. The minimum Gasteiger partial charge on any atom is -0.481 e. The van der Waals surface area contributed by atoms with E-state index in [0.717, 1.165) is 18.4 Å². The molecular weight excluding hydrogens is 296 g/mol. The second-order valence-electron chi connectivity index (χ2n) is 4.87. The van der Waals surface area contributed by atoms with Gasteiger partial charge >= 0.3 is 5.97 Å². The van der Waals surface area contributed by atoms with E-state index < -0.39 is 11.9 Å². The monoisotopic (exact) mass is 316 g/mol. The fourth-order valence-corrected chi connectivity index (χ4v) is 1.78. The molecular formula is C16H20N4O3. The zero-order valence-electron chi connectivity index (χ0n) is 12.8. The smallest absolute Gasteiger partial charge is 0.303 e. The number of nitriles is 1. The number of amides is 1. The van der Waals surface area contributed by atoms with Gasteiger partial charge < -0.3 is 15.7 Å². The van der Waals surface area contributed by atoms with E-state index in [-0.39, 0.29) is 12.0 Å². The van der Waals surface area contributed by atoms with E-state index >= 15 is 0 Å². The van der Waals surface area contributed by atoms with Gasteiger partial charge in [-0.2, -0.15) is 5.26 Å². The Morgan fingerprint density at radius 2 is 2.17 bits per heavy atom. The Bertz CT molecular complexity index is 579. The fraction of sp³-hybridized carbons (Fsp3) is 0.375. The summed E-state index contributed by atoms with van der Waals surface area (Å²) in [5.41, 5.74) is 0.851. The van der Waals surface area contributed by atoms with Crippen molar-refractivity contribution in [3.8, 4) is 6.07 Å². The third-order valence-electron chi connectivity index (χ3n) is 3.00. The number of pyridine rings is 1. The van der Waals surface area contributed by atoms with Crippen LogP contribution in [0.4, 0.5) is 0 Å². The predicted octanol–water partition coefficient (Wildman–Crippen LogP) is 1.34. The van der Waals surface area contributed by atoms with Crippen molar-refractivity contribution in [2.24, 2.45) is 0 Å². The van der Waals surface area contributed by atoms with Crippen LogP contribution in [0.1, 0.15) is 31.2 Å². The summed E-state index contributed by atoms with van der Waals surface area (Å²) in [5, 5.41) is 23.1. The molecule has 3 N–H and O–H groups in total. The second kappa shape index (κ2) is 10.8. The minimum atomic E-state index is -0.796. The number of carbonyl (C=O) groups excluding carboxylic acids is 1. The molecule has 0 spiro atoms. The zero-order chi connectivity index (χ0) is 16.9. The molecule has 0 atom stereocenters. The number of aliphatic carboxylic acids is 1. The average Bonchev–Trinajstić information content (AvgIpc) is 2.56. The molecule has 0 aliphatic heterocycles. The van der Waals surface area contributed by atoms with Crippen molar-refractivity contribution in [3.05, 3.63) is 41.9 Å². The zero-order valence-corrected chi connectivity index (χ0v) is 12.8. The summed E-state index contributed by atoms with van der Waals surface area (Å²) < 4.78 is 0. The third kappa shape index (κ3) is 8.21. The van der Waals surface area contributed by atoms with Crippen molar-refractivity contribution in [1.29, 1.82) is 5.26 Å². The summed E-state index contributed by atoms with van der Waals surface area (Å²) >= 11 is 0. The van der Waals surface area contributed by atoms with Crippen LogP contribution in [0.5, 0.6) is 0 Å². The van der Waals surface area contributed by atoms with Crippen molar-refractivity contribution in [2.75, 3.05) is 6.54 Å². The van der Waals surface area contributed by atoms with Crippen LogP contribution >= 0.6 is 0 Å². The number of carboxylic acid groups (broad SMARTS) is 1. The van der Waals surface area contributed by atoms with Crippen LogP contribution < -0.4 is 10.6 Å². The van der Waals surface area contributed by atoms with Crippen LogP contribution in [-0.4, -0.2) is 28.5 Å². The maximum Gasteiger partial charge on any atom is 0.303 e. The molecule has 0 aromatic carbocycles. The summed E-state index contributed by atoms with van der Waals surface area (Å²) in [6.07, 6.45) is 7.02. The Balaban J connectivity index is 2.27. The summed E-state index contributed by atoms with van der Waals surface area (Å²) in [6, 6.07) is 5.45. The van der Waals surface area contributed by atoms with Gasteiger partial charge in [-0.15, -0.1) is 0 Å². The van der Waals surface area contributed by atoms with Crippen LogP contribution in [0.15, 0.2) is 36.3 Å². The number of hydrogen-bond donors (Lipinski definition) is 3. The lowest BCUT2D eigenvalue weighted by Gasteiger charge is -2.05. The SMILES string of the molecule is N#C/C(=C/NCCCCCC(=O)O)C(=O)NCc1cccnc1. The highest BCUT2D eigenvalue weighted by molar-refractivity contribution is 5.97. The number of aromatic nitrogens is 1. The van der Waals surface area contributed by atoms with Crippen LogP contribution in [0.25, 0.3) is 0 Å². The molecule has 23 heavy (non-hydrogen) atoms. The van der Waals surface area contributed by atoms with E-state index in [9.17, 15) is 9.59 Å². The molecule has 0 saturated carbocycles. The summed E-state index contributed by atoms with van der Waals surface area (Å²) in [6.45, 7) is 0.890. The van der Waals surface area contributed by atoms with E-state index in [4.69, 9.17) is 10.4 Å². The molecule has 0 saturated heterocycles. The second-order valence-corrected chi connectivity index (χ2v) is 4.87. The molecule has 0 radical (unpaired) electrons. The quantitative estimate of drug-likeness (QED) is 0.341. The van der Waals surface area contributed by atoms with E-state index in [0.29, 0.717) is 19.5 Å². The molecule has 0 aliphatic carbocycles. The molecule has 1 heterocycles. The number of carbonyl (C=O) groups is 2. The van der Waals surface area contributed by atoms with Crippen LogP contribution in [0, 0.1) is 11.3 Å². The number of nitrogens with one attached hydrogen (secondary N) is 2. The Hall–Kier alpha value is -2.88. The van der Waals surface area contributed by atoms with Gasteiger partial charge in [0.15, 0.2) is 0 Å². The van der Waals surface area contributed by atoms with Gasteiger partial charge in [0, 0.05) is 38.1 Å². The lowest BCUT2D eigenvalue weighted by Crippen LogP contribution is -2.25. The third-order valence-corrected chi connectivity index (χ3v) is 3.00. The van der Waals surface area contributed by atoms with Gasteiger partial charge in [-0.1, -0.05) is 12.5 Å². The van der Waals surface area contributed by atoms with Crippen molar-refractivity contribution in [2.45, 2.75) is 32.2 Å². The Kier molecular flexibility index (Phi) is 8.52. The molecule has 0 aliphatic rings. The number of unbranched alkanes of at least 4 members (excludes halogenated alkanes) is 2. The highest BCUT2D eigenvalue weighted by Crippen LogP contribution is 1.99. The topological polar surface area (TPSA) is 115 Å². The van der Waals surface area contributed by atoms with Crippen molar-refractivity contribution in [3.63, 3.8) is 0 Å². The first kappa shape index (κ1) is 18.2. The lowest BCUT2D eigenvalue weighted by atomic mass is 10.2. The molecule has 1 amide bonds. The minimum absolute atomic E-state index is 0.000531. The molecule has 7 heteroatoms. The number of nitrogens with zero attached hydrogens (tertiary/aromatic N) is 2. The Labute approximate surface area is 135 Å². The average molecular weight is 316 g/mol.